The summed E-state index contributed by atoms with van der Waals surface area (Å²) in [6.45, 7) is 5.98. The van der Waals surface area contributed by atoms with Gasteiger partial charge in [-0.2, -0.15) is 0 Å². The molecule has 1 saturated heterocycles. The van der Waals surface area contributed by atoms with E-state index >= 15 is 0 Å². The minimum atomic E-state index is -0.192. The lowest BCUT2D eigenvalue weighted by atomic mass is 10.1. The third-order valence-corrected chi connectivity index (χ3v) is 2.05. The molecule has 0 saturated carbocycles. The van der Waals surface area contributed by atoms with Gasteiger partial charge in [-0.25, -0.2) is 0 Å². The molecule has 0 aromatic heterocycles. The van der Waals surface area contributed by atoms with Crippen molar-refractivity contribution in [3.63, 3.8) is 0 Å². The van der Waals surface area contributed by atoms with E-state index in [9.17, 15) is 0 Å². The van der Waals surface area contributed by atoms with Gasteiger partial charge in [0.15, 0.2) is 0 Å². The minimum Gasteiger partial charge on any atom is -0.393 e. The van der Waals surface area contributed by atoms with E-state index in [1.165, 1.54) is 0 Å². The van der Waals surface area contributed by atoms with Crippen LogP contribution in [0.4, 0.5) is 0 Å². The molecule has 66 valence electrons. The van der Waals surface area contributed by atoms with Crippen LogP contribution in [0.5, 0.6) is 0 Å². The molecule has 1 aliphatic heterocycles. The molecule has 3 nitrogen and oxygen atoms in total. The highest BCUT2D eigenvalue weighted by Crippen LogP contribution is 2.00. The quantitative estimate of drug-likeness (QED) is 0.517. The standard InChI is InChI=1S/C8H18N2O/c1-6-4-10-8(5-9-6)3-7(2)11/h6-11H,3-5H2,1-2H3. The van der Waals surface area contributed by atoms with Gasteiger partial charge in [0.1, 0.15) is 0 Å². The van der Waals surface area contributed by atoms with Crippen molar-refractivity contribution in [1.82, 2.24) is 10.6 Å². The molecule has 1 heterocycles. The maximum Gasteiger partial charge on any atom is 0.0527 e. The molecule has 11 heavy (non-hydrogen) atoms. The van der Waals surface area contributed by atoms with Crippen LogP contribution in [0.1, 0.15) is 20.3 Å². The summed E-state index contributed by atoms with van der Waals surface area (Å²) in [5.41, 5.74) is 0. The molecule has 3 unspecified atom stereocenters. The van der Waals surface area contributed by atoms with Crippen LogP contribution in [-0.2, 0) is 0 Å². The number of nitrogens with one attached hydrogen (secondary N) is 2. The molecule has 3 heteroatoms. The lowest BCUT2D eigenvalue weighted by Crippen LogP contribution is -2.53. The second-order valence-corrected chi connectivity index (χ2v) is 3.50. The van der Waals surface area contributed by atoms with Crippen LogP contribution in [0, 0.1) is 0 Å². The van der Waals surface area contributed by atoms with Crippen LogP contribution in [0.25, 0.3) is 0 Å². The lowest BCUT2D eigenvalue weighted by molar-refractivity contribution is 0.160. The van der Waals surface area contributed by atoms with Crippen LogP contribution >= 0.6 is 0 Å². The van der Waals surface area contributed by atoms with Gasteiger partial charge in [0, 0.05) is 25.2 Å². The lowest BCUT2D eigenvalue weighted by Gasteiger charge is -2.29. The summed E-state index contributed by atoms with van der Waals surface area (Å²) in [5, 5.41) is 15.8. The van der Waals surface area contributed by atoms with Crippen molar-refractivity contribution < 1.29 is 5.11 Å². The monoisotopic (exact) mass is 158 g/mol. The molecule has 3 atom stereocenters. The number of hydrogen-bond donors (Lipinski definition) is 3. The second-order valence-electron chi connectivity index (χ2n) is 3.50. The zero-order valence-electron chi connectivity index (χ0n) is 7.30. The molecule has 0 amide bonds. The fourth-order valence-electron chi connectivity index (χ4n) is 1.41. The van der Waals surface area contributed by atoms with Crippen molar-refractivity contribution >= 4 is 0 Å². The molecule has 1 aliphatic rings. The van der Waals surface area contributed by atoms with E-state index in [0.29, 0.717) is 12.1 Å². The maximum atomic E-state index is 9.10. The molecular formula is C8H18N2O. The van der Waals surface area contributed by atoms with E-state index in [4.69, 9.17) is 5.11 Å². The summed E-state index contributed by atoms with van der Waals surface area (Å²) in [4.78, 5) is 0. The van der Waals surface area contributed by atoms with Gasteiger partial charge in [0.05, 0.1) is 6.10 Å². The molecule has 0 aromatic rings. The van der Waals surface area contributed by atoms with Crippen molar-refractivity contribution in [1.29, 1.82) is 0 Å². The average Bonchev–Trinajstić information content (AvgIpc) is 1.93. The first kappa shape index (κ1) is 8.97. The zero-order valence-corrected chi connectivity index (χ0v) is 7.30. The summed E-state index contributed by atoms with van der Waals surface area (Å²) in [7, 11) is 0. The Labute approximate surface area is 68.2 Å². The van der Waals surface area contributed by atoms with Crippen molar-refractivity contribution in [2.45, 2.75) is 38.5 Å². The summed E-state index contributed by atoms with van der Waals surface area (Å²) >= 11 is 0. The molecule has 1 fully saturated rings. The van der Waals surface area contributed by atoms with Gasteiger partial charge >= 0.3 is 0 Å². The third-order valence-electron chi connectivity index (χ3n) is 2.05. The predicted octanol–water partition coefficient (Wildman–Crippen LogP) is -0.293. The highest BCUT2D eigenvalue weighted by atomic mass is 16.3. The van der Waals surface area contributed by atoms with Crippen LogP contribution in [0.2, 0.25) is 0 Å². The van der Waals surface area contributed by atoms with Crippen LogP contribution < -0.4 is 10.6 Å². The number of aliphatic hydroxyl groups is 1. The molecule has 1 rings (SSSR count). The number of piperazine rings is 1. The Morgan fingerprint density at radius 1 is 1.45 bits per heavy atom. The van der Waals surface area contributed by atoms with E-state index in [-0.39, 0.29) is 6.10 Å². The highest BCUT2D eigenvalue weighted by molar-refractivity contribution is 4.81. The van der Waals surface area contributed by atoms with Gasteiger partial charge < -0.3 is 15.7 Å². The van der Waals surface area contributed by atoms with Gasteiger partial charge in [0.25, 0.3) is 0 Å². The second kappa shape index (κ2) is 4.04. The topological polar surface area (TPSA) is 44.3 Å². The van der Waals surface area contributed by atoms with Gasteiger partial charge in [-0.15, -0.1) is 0 Å². The van der Waals surface area contributed by atoms with E-state index in [1.54, 1.807) is 0 Å². The third kappa shape index (κ3) is 3.18. The van der Waals surface area contributed by atoms with E-state index < -0.39 is 0 Å². The molecule has 0 spiro atoms. The SMILES string of the molecule is CC(O)CC1CNC(C)CN1. The van der Waals surface area contributed by atoms with Crippen LogP contribution in [-0.4, -0.2) is 36.4 Å². The van der Waals surface area contributed by atoms with Crippen LogP contribution in [0.15, 0.2) is 0 Å². The Bertz CT molecular complexity index is 109. The fraction of sp³-hybridized carbons (Fsp3) is 1.00. The Kier molecular flexibility index (Phi) is 3.30. The van der Waals surface area contributed by atoms with Gasteiger partial charge in [-0.1, -0.05) is 0 Å². The summed E-state index contributed by atoms with van der Waals surface area (Å²) in [6.07, 6.45) is 0.655. The average molecular weight is 158 g/mol. The molecule has 3 N–H and O–H groups in total. The van der Waals surface area contributed by atoms with Gasteiger partial charge in [-0.3, -0.25) is 0 Å². The fourth-order valence-corrected chi connectivity index (χ4v) is 1.41. The zero-order chi connectivity index (χ0) is 8.27. The normalized spacial score (nSPS) is 35.2. The summed E-state index contributed by atoms with van der Waals surface area (Å²) in [6, 6.07) is 1.02. The molecule has 0 aromatic carbocycles. The number of aliphatic hydroxyl groups excluding tert-OH is 1. The number of rotatable bonds is 2. The van der Waals surface area contributed by atoms with E-state index in [2.05, 4.69) is 17.6 Å². The Hall–Kier alpha value is -0.120. The van der Waals surface area contributed by atoms with Gasteiger partial charge in [0.2, 0.25) is 0 Å². The Balaban J connectivity index is 2.17. The van der Waals surface area contributed by atoms with Crippen molar-refractivity contribution in [3.05, 3.63) is 0 Å². The van der Waals surface area contributed by atoms with Crippen molar-refractivity contribution in [3.8, 4) is 0 Å². The maximum absolute atomic E-state index is 9.10. The van der Waals surface area contributed by atoms with Gasteiger partial charge in [-0.05, 0) is 20.3 Å². The summed E-state index contributed by atoms with van der Waals surface area (Å²) < 4.78 is 0. The largest absolute Gasteiger partial charge is 0.393 e. The predicted molar refractivity (Wildman–Crippen MR) is 45.6 cm³/mol. The molecule has 0 bridgehead atoms. The minimum absolute atomic E-state index is 0.192. The first-order chi connectivity index (χ1) is 5.18. The van der Waals surface area contributed by atoms with Crippen LogP contribution in [0.3, 0.4) is 0 Å². The smallest absolute Gasteiger partial charge is 0.0527 e. The first-order valence-corrected chi connectivity index (χ1v) is 4.33. The van der Waals surface area contributed by atoms with E-state index in [0.717, 1.165) is 19.5 Å². The molecule has 0 radical (unpaired) electrons. The molecule has 0 aliphatic carbocycles. The van der Waals surface area contributed by atoms with Crippen molar-refractivity contribution in [2.75, 3.05) is 13.1 Å². The summed E-state index contributed by atoms with van der Waals surface area (Å²) in [5.74, 6) is 0. The first-order valence-electron chi connectivity index (χ1n) is 4.33. The number of hydrogen-bond acceptors (Lipinski definition) is 3. The Morgan fingerprint density at radius 2 is 2.18 bits per heavy atom. The van der Waals surface area contributed by atoms with Crippen molar-refractivity contribution in [2.24, 2.45) is 0 Å². The Morgan fingerprint density at radius 3 is 2.64 bits per heavy atom. The van der Waals surface area contributed by atoms with E-state index in [1.807, 2.05) is 6.92 Å². The highest BCUT2D eigenvalue weighted by Gasteiger charge is 2.17. The molecular weight excluding hydrogens is 140 g/mol.